The maximum Gasteiger partial charge on any atom is 0.257 e. The van der Waals surface area contributed by atoms with Crippen LogP contribution in [0.4, 0.5) is 0 Å². The number of amides is 1. The van der Waals surface area contributed by atoms with Crippen molar-refractivity contribution in [2.45, 2.75) is 12.7 Å². The van der Waals surface area contributed by atoms with Crippen molar-refractivity contribution in [1.82, 2.24) is 5.32 Å². The second kappa shape index (κ2) is 8.42. The van der Waals surface area contributed by atoms with Crippen LogP contribution in [-0.4, -0.2) is 24.8 Å². The number of rotatable bonds is 8. The van der Waals surface area contributed by atoms with Gasteiger partial charge in [0.25, 0.3) is 5.91 Å². The molecule has 1 heterocycles. The number of nitrogens with one attached hydrogen (secondary N) is 1. The Kier molecular flexibility index (Phi) is 6.22. The summed E-state index contributed by atoms with van der Waals surface area (Å²) in [5.74, 6) is 3.24. The van der Waals surface area contributed by atoms with Crippen LogP contribution in [0.1, 0.15) is 11.3 Å². The van der Waals surface area contributed by atoms with E-state index in [-0.39, 0.29) is 12.5 Å². The van der Waals surface area contributed by atoms with Gasteiger partial charge >= 0.3 is 0 Å². The van der Waals surface area contributed by atoms with Crippen molar-refractivity contribution < 1.29 is 13.9 Å². The average molecular weight is 305 g/mol. The van der Waals surface area contributed by atoms with Crippen molar-refractivity contribution in [1.29, 1.82) is 0 Å². The Labute approximate surface area is 128 Å². The van der Waals surface area contributed by atoms with E-state index in [0.717, 1.165) is 28.6 Å². The average Bonchev–Trinajstić information content (AvgIpc) is 2.98. The number of thioether (sulfide) groups is 1. The molecule has 0 spiro atoms. The fraction of sp³-hybridized carbons (Fsp3) is 0.312. The zero-order chi connectivity index (χ0) is 14.9. The highest BCUT2D eigenvalue weighted by molar-refractivity contribution is 7.98. The molecule has 1 aromatic heterocycles. The molecule has 0 saturated heterocycles. The van der Waals surface area contributed by atoms with Crippen LogP contribution in [0.15, 0.2) is 47.1 Å². The molecule has 0 atom stereocenters. The summed E-state index contributed by atoms with van der Waals surface area (Å²) in [5.41, 5.74) is 1.11. The maximum absolute atomic E-state index is 11.6. The SMILES string of the molecule is Cc1cccc(OCC(=O)NCCSCc2ccco2)c1. The molecule has 2 rings (SSSR count). The van der Waals surface area contributed by atoms with Gasteiger partial charge in [-0.05, 0) is 36.8 Å². The van der Waals surface area contributed by atoms with Gasteiger partial charge in [-0.15, -0.1) is 0 Å². The zero-order valence-electron chi connectivity index (χ0n) is 12.0. The van der Waals surface area contributed by atoms with Gasteiger partial charge in [0.05, 0.1) is 12.0 Å². The number of hydrogen-bond acceptors (Lipinski definition) is 4. The van der Waals surface area contributed by atoms with Crippen LogP contribution in [-0.2, 0) is 10.5 Å². The number of ether oxygens (including phenoxy) is 1. The monoisotopic (exact) mass is 305 g/mol. The number of carbonyl (C=O) groups is 1. The molecule has 1 aromatic carbocycles. The van der Waals surface area contributed by atoms with E-state index in [1.54, 1.807) is 18.0 Å². The van der Waals surface area contributed by atoms with E-state index in [1.165, 1.54) is 0 Å². The summed E-state index contributed by atoms with van der Waals surface area (Å²) < 4.78 is 10.7. The van der Waals surface area contributed by atoms with E-state index in [1.807, 2.05) is 43.3 Å². The van der Waals surface area contributed by atoms with Gasteiger partial charge in [0.15, 0.2) is 6.61 Å². The minimum Gasteiger partial charge on any atom is -0.484 e. The lowest BCUT2D eigenvalue weighted by Gasteiger charge is -2.07. The smallest absolute Gasteiger partial charge is 0.257 e. The molecule has 112 valence electrons. The zero-order valence-corrected chi connectivity index (χ0v) is 12.8. The van der Waals surface area contributed by atoms with E-state index in [4.69, 9.17) is 9.15 Å². The second-order valence-electron chi connectivity index (χ2n) is 4.59. The first-order chi connectivity index (χ1) is 10.2. The lowest BCUT2D eigenvalue weighted by Crippen LogP contribution is -2.30. The van der Waals surface area contributed by atoms with Crippen molar-refractivity contribution in [3.8, 4) is 5.75 Å². The van der Waals surface area contributed by atoms with Gasteiger partial charge < -0.3 is 14.5 Å². The minimum absolute atomic E-state index is 0.0479. The molecule has 0 radical (unpaired) electrons. The van der Waals surface area contributed by atoms with Crippen molar-refractivity contribution in [3.63, 3.8) is 0 Å². The van der Waals surface area contributed by atoms with Gasteiger partial charge in [0.1, 0.15) is 11.5 Å². The molecule has 21 heavy (non-hydrogen) atoms. The highest BCUT2D eigenvalue weighted by atomic mass is 32.2. The van der Waals surface area contributed by atoms with E-state index >= 15 is 0 Å². The normalized spacial score (nSPS) is 10.3. The van der Waals surface area contributed by atoms with Crippen molar-refractivity contribution >= 4 is 17.7 Å². The van der Waals surface area contributed by atoms with Crippen LogP contribution in [0.25, 0.3) is 0 Å². The fourth-order valence-electron chi connectivity index (χ4n) is 1.74. The standard InChI is InChI=1S/C16H19NO3S/c1-13-4-2-5-14(10-13)20-11-16(18)17-7-9-21-12-15-6-3-8-19-15/h2-6,8,10H,7,9,11-12H2,1H3,(H,17,18). The molecule has 0 aliphatic rings. The third-order valence-electron chi connectivity index (χ3n) is 2.75. The minimum atomic E-state index is -0.102. The van der Waals surface area contributed by atoms with Crippen LogP contribution in [0.3, 0.4) is 0 Å². The summed E-state index contributed by atoms with van der Waals surface area (Å²) in [4.78, 5) is 11.6. The molecule has 4 nitrogen and oxygen atoms in total. The Morgan fingerprint density at radius 2 is 2.24 bits per heavy atom. The summed E-state index contributed by atoms with van der Waals surface area (Å²) in [5, 5.41) is 2.83. The van der Waals surface area contributed by atoms with Crippen molar-refractivity contribution in [2.75, 3.05) is 18.9 Å². The number of furan rings is 1. The summed E-state index contributed by atoms with van der Waals surface area (Å²) in [7, 11) is 0. The number of aryl methyl sites for hydroxylation is 1. The molecule has 0 saturated carbocycles. The molecule has 1 N–H and O–H groups in total. The molecular weight excluding hydrogens is 286 g/mol. The first kappa shape index (κ1) is 15.5. The van der Waals surface area contributed by atoms with Gasteiger partial charge in [0.2, 0.25) is 0 Å². The molecule has 1 amide bonds. The van der Waals surface area contributed by atoms with E-state index in [9.17, 15) is 4.79 Å². The number of carbonyl (C=O) groups excluding carboxylic acids is 1. The molecule has 0 aliphatic carbocycles. The lowest BCUT2D eigenvalue weighted by atomic mass is 10.2. The fourth-order valence-corrected chi connectivity index (χ4v) is 2.49. The Hall–Kier alpha value is -1.88. The molecule has 2 aromatic rings. The second-order valence-corrected chi connectivity index (χ2v) is 5.69. The van der Waals surface area contributed by atoms with E-state index in [0.29, 0.717) is 6.54 Å². The number of benzene rings is 1. The highest BCUT2D eigenvalue weighted by Gasteiger charge is 2.02. The third kappa shape index (κ3) is 5.95. The van der Waals surface area contributed by atoms with Crippen LogP contribution in [0, 0.1) is 6.92 Å². The summed E-state index contributed by atoms with van der Waals surface area (Å²) >= 11 is 1.72. The largest absolute Gasteiger partial charge is 0.484 e. The van der Waals surface area contributed by atoms with Gasteiger partial charge in [0, 0.05) is 12.3 Å². The van der Waals surface area contributed by atoms with Crippen molar-refractivity contribution in [3.05, 3.63) is 54.0 Å². The Morgan fingerprint density at radius 3 is 3.00 bits per heavy atom. The quantitative estimate of drug-likeness (QED) is 0.762. The van der Waals surface area contributed by atoms with Crippen LogP contribution in [0.2, 0.25) is 0 Å². The predicted octanol–water partition coefficient (Wildman–Crippen LogP) is 3.02. The third-order valence-corrected chi connectivity index (χ3v) is 3.73. The molecule has 0 aliphatic heterocycles. The lowest BCUT2D eigenvalue weighted by molar-refractivity contribution is -0.122. The van der Waals surface area contributed by atoms with Crippen LogP contribution >= 0.6 is 11.8 Å². The summed E-state index contributed by atoms with van der Waals surface area (Å²) in [6, 6.07) is 11.5. The summed E-state index contributed by atoms with van der Waals surface area (Å²) in [6.45, 7) is 2.66. The molecule has 5 heteroatoms. The van der Waals surface area contributed by atoms with E-state index in [2.05, 4.69) is 5.32 Å². The van der Waals surface area contributed by atoms with Gasteiger partial charge in [-0.25, -0.2) is 0 Å². The van der Waals surface area contributed by atoms with E-state index < -0.39 is 0 Å². The van der Waals surface area contributed by atoms with Gasteiger partial charge in [-0.3, -0.25) is 4.79 Å². The first-order valence-corrected chi connectivity index (χ1v) is 7.96. The van der Waals surface area contributed by atoms with Crippen molar-refractivity contribution in [2.24, 2.45) is 0 Å². The molecular formula is C16H19NO3S. The molecule has 0 unspecified atom stereocenters. The Balaban J connectivity index is 1.55. The predicted molar refractivity (Wildman–Crippen MR) is 84.6 cm³/mol. The van der Waals surface area contributed by atoms with Crippen LogP contribution < -0.4 is 10.1 Å². The number of hydrogen-bond donors (Lipinski definition) is 1. The molecule has 0 bridgehead atoms. The van der Waals surface area contributed by atoms with Crippen LogP contribution in [0.5, 0.6) is 5.75 Å². The molecule has 0 fully saturated rings. The van der Waals surface area contributed by atoms with Gasteiger partial charge in [-0.2, -0.15) is 11.8 Å². The first-order valence-electron chi connectivity index (χ1n) is 6.80. The van der Waals surface area contributed by atoms with Gasteiger partial charge in [-0.1, -0.05) is 12.1 Å². The topological polar surface area (TPSA) is 51.5 Å². The Bertz CT molecular complexity index is 554. The Morgan fingerprint density at radius 1 is 1.33 bits per heavy atom. The maximum atomic E-state index is 11.6. The highest BCUT2D eigenvalue weighted by Crippen LogP contribution is 2.12. The summed E-state index contributed by atoms with van der Waals surface area (Å²) in [6.07, 6.45) is 1.67.